The van der Waals surface area contributed by atoms with Crippen molar-refractivity contribution in [3.63, 3.8) is 0 Å². The Morgan fingerprint density at radius 2 is 1.89 bits per heavy atom. The van der Waals surface area contributed by atoms with Crippen LogP contribution in [0.15, 0.2) is 65.7 Å². The maximum absolute atomic E-state index is 12.6. The van der Waals surface area contributed by atoms with Crippen LogP contribution >= 0.6 is 0 Å². The van der Waals surface area contributed by atoms with Crippen molar-refractivity contribution in [2.24, 2.45) is 7.05 Å². The molecule has 4 rings (SSSR count). The second-order valence-electron chi connectivity index (χ2n) is 6.71. The van der Waals surface area contributed by atoms with Crippen molar-refractivity contribution in [1.29, 1.82) is 0 Å². The summed E-state index contributed by atoms with van der Waals surface area (Å²) >= 11 is 0. The van der Waals surface area contributed by atoms with Crippen LogP contribution in [0, 0.1) is 0 Å². The van der Waals surface area contributed by atoms with Gasteiger partial charge < -0.3 is 9.64 Å². The monoisotopic (exact) mass is 374 g/mol. The average molecular weight is 374 g/mol. The Morgan fingerprint density at radius 3 is 2.68 bits per heavy atom. The van der Waals surface area contributed by atoms with Gasteiger partial charge in [0.15, 0.2) is 0 Å². The Labute approximate surface area is 163 Å². The lowest BCUT2D eigenvalue weighted by molar-refractivity contribution is 0.413. The van der Waals surface area contributed by atoms with Gasteiger partial charge in [0.2, 0.25) is 5.95 Å². The molecule has 0 aliphatic carbocycles. The average Bonchev–Trinajstić information content (AvgIpc) is 2.76. The minimum absolute atomic E-state index is 0.0785. The molecular formula is C22H22N4O2. The molecule has 0 saturated carbocycles. The van der Waals surface area contributed by atoms with Gasteiger partial charge in [-0.05, 0) is 30.2 Å². The molecule has 2 aromatic heterocycles. The summed E-state index contributed by atoms with van der Waals surface area (Å²) in [5.74, 6) is 1.52. The summed E-state index contributed by atoms with van der Waals surface area (Å²) in [5, 5.41) is 0. The van der Waals surface area contributed by atoms with E-state index in [1.165, 1.54) is 5.57 Å². The number of pyridine rings is 1. The number of nitrogens with zero attached hydrogens (tertiary/aromatic N) is 4. The summed E-state index contributed by atoms with van der Waals surface area (Å²) in [6, 6.07) is 13.3. The Balaban J connectivity index is 1.71. The minimum atomic E-state index is -0.0785. The summed E-state index contributed by atoms with van der Waals surface area (Å²) in [5.41, 5.74) is 3.71. The zero-order valence-corrected chi connectivity index (χ0v) is 16.0. The number of benzene rings is 1. The maximum atomic E-state index is 12.6. The van der Waals surface area contributed by atoms with Crippen molar-refractivity contribution in [1.82, 2.24) is 14.5 Å². The molecule has 1 aliphatic heterocycles. The molecule has 0 saturated heterocycles. The standard InChI is InChI=1S/C22H22N4O2/c1-25-21(27)14-19(16-9-11-23-12-10-16)24-22(25)26-13-5-6-17(15-26)18-7-3-4-8-20(18)28-2/h3-4,6-12,14H,5,13,15H2,1-2H3. The molecule has 0 bridgehead atoms. The van der Waals surface area contributed by atoms with Gasteiger partial charge in [-0.25, -0.2) is 4.98 Å². The largest absolute Gasteiger partial charge is 0.496 e. The van der Waals surface area contributed by atoms with Crippen molar-refractivity contribution < 1.29 is 4.74 Å². The third-order valence-corrected chi connectivity index (χ3v) is 4.97. The first-order valence-electron chi connectivity index (χ1n) is 9.23. The molecule has 0 spiro atoms. The number of hydrogen-bond acceptors (Lipinski definition) is 5. The third-order valence-electron chi connectivity index (χ3n) is 4.97. The molecule has 142 valence electrons. The van der Waals surface area contributed by atoms with Gasteiger partial charge in [-0.1, -0.05) is 24.3 Å². The Bertz CT molecular complexity index is 1070. The molecule has 0 atom stereocenters. The number of ether oxygens (including phenoxy) is 1. The molecule has 0 radical (unpaired) electrons. The van der Waals surface area contributed by atoms with Crippen LogP contribution in [0.1, 0.15) is 12.0 Å². The Morgan fingerprint density at radius 1 is 1.11 bits per heavy atom. The molecular weight excluding hydrogens is 352 g/mol. The van der Waals surface area contributed by atoms with Crippen molar-refractivity contribution in [2.45, 2.75) is 6.42 Å². The summed E-state index contributed by atoms with van der Waals surface area (Å²) in [6.45, 7) is 1.47. The molecule has 0 amide bonds. The van der Waals surface area contributed by atoms with Crippen molar-refractivity contribution >= 4 is 11.5 Å². The van der Waals surface area contributed by atoms with E-state index in [1.807, 2.05) is 30.3 Å². The van der Waals surface area contributed by atoms with Gasteiger partial charge in [-0.3, -0.25) is 14.3 Å². The molecule has 1 aromatic carbocycles. The fourth-order valence-corrected chi connectivity index (χ4v) is 3.50. The minimum Gasteiger partial charge on any atom is -0.496 e. The van der Waals surface area contributed by atoms with Gasteiger partial charge in [-0.2, -0.15) is 0 Å². The van der Waals surface area contributed by atoms with Crippen LogP contribution < -0.4 is 15.2 Å². The van der Waals surface area contributed by atoms with E-state index in [2.05, 4.69) is 22.0 Å². The second-order valence-corrected chi connectivity index (χ2v) is 6.71. The number of rotatable bonds is 4. The molecule has 1 aliphatic rings. The molecule has 3 heterocycles. The van der Waals surface area contributed by atoms with E-state index >= 15 is 0 Å². The molecule has 0 N–H and O–H groups in total. The zero-order chi connectivity index (χ0) is 19.5. The quantitative estimate of drug-likeness (QED) is 0.702. The van der Waals surface area contributed by atoms with Gasteiger partial charge >= 0.3 is 0 Å². The Hall–Kier alpha value is -3.41. The first-order valence-corrected chi connectivity index (χ1v) is 9.23. The number of anilines is 1. The summed E-state index contributed by atoms with van der Waals surface area (Å²) < 4.78 is 7.13. The highest BCUT2D eigenvalue weighted by molar-refractivity contribution is 5.75. The molecule has 6 heteroatoms. The highest BCUT2D eigenvalue weighted by atomic mass is 16.5. The lowest BCUT2D eigenvalue weighted by atomic mass is 10.0. The van der Waals surface area contributed by atoms with Gasteiger partial charge in [-0.15, -0.1) is 0 Å². The molecule has 0 unspecified atom stereocenters. The number of para-hydroxylation sites is 1. The van der Waals surface area contributed by atoms with Crippen LogP contribution in [0.3, 0.4) is 0 Å². The summed E-state index contributed by atoms with van der Waals surface area (Å²) in [6.07, 6.45) is 6.52. The van der Waals surface area contributed by atoms with Crippen molar-refractivity contribution in [3.8, 4) is 17.0 Å². The predicted molar refractivity (Wildman–Crippen MR) is 111 cm³/mol. The van der Waals surface area contributed by atoms with Crippen LogP contribution in [0.4, 0.5) is 5.95 Å². The van der Waals surface area contributed by atoms with E-state index in [0.29, 0.717) is 18.2 Å². The van der Waals surface area contributed by atoms with E-state index in [4.69, 9.17) is 9.72 Å². The maximum Gasteiger partial charge on any atom is 0.255 e. The van der Waals surface area contributed by atoms with E-state index < -0.39 is 0 Å². The van der Waals surface area contributed by atoms with Gasteiger partial charge in [0, 0.05) is 49.7 Å². The second kappa shape index (κ2) is 7.68. The molecule has 0 fully saturated rings. The first kappa shape index (κ1) is 18.0. The smallest absolute Gasteiger partial charge is 0.255 e. The summed E-state index contributed by atoms with van der Waals surface area (Å²) in [4.78, 5) is 23.6. The van der Waals surface area contributed by atoms with Crippen molar-refractivity contribution in [3.05, 3.63) is 76.9 Å². The van der Waals surface area contributed by atoms with Crippen LogP contribution in [0.5, 0.6) is 5.75 Å². The fourth-order valence-electron chi connectivity index (χ4n) is 3.50. The van der Waals surface area contributed by atoms with E-state index in [9.17, 15) is 4.79 Å². The molecule has 6 nitrogen and oxygen atoms in total. The summed E-state index contributed by atoms with van der Waals surface area (Å²) in [7, 11) is 3.45. The van der Waals surface area contributed by atoms with Crippen LogP contribution in [0.2, 0.25) is 0 Å². The predicted octanol–water partition coefficient (Wildman–Crippen LogP) is 3.14. The SMILES string of the molecule is COc1ccccc1C1=CCCN(c2nc(-c3ccncc3)cc(=O)n2C)C1. The number of hydrogen-bond donors (Lipinski definition) is 0. The first-order chi connectivity index (χ1) is 13.7. The van der Waals surface area contributed by atoms with Gasteiger partial charge in [0.25, 0.3) is 5.56 Å². The highest BCUT2D eigenvalue weighted by Crippen LogP contribution is 2.30. The van der Waals surface area contributed by atoms with Crippen LogP contribution in [-0.2, 0) is 7.05 Å². The van der Waals surface area contributed by atoms with E-state index in [1.54, 1.807) is 37.2 Å². The Kier molecular flexibility index (Phi) is 4.93. The fraction of sp³-hybridized carbons (Fsp3) is 0.227. The lowest BCUT2D eigenvalue weighted by Gasteiger charge is -2.30. The molecule has 28 heavy (non-hydrogen) atoms. The van der Waals surface area contributed by atoms with Gasteiger partial charge in [0.1, 0.15) is 5.75 Å². The normalized spacial score (nSPS) is 13.9. The lowest BCUT2D eigenvalue weighted by Crippen LogP contribution is -2.35. The highest BCUT2D eigenvalue weighted by Gasteiger charge is 2.20. The zero-order valence-electron chi connectivity index (χ0n) is 16.0. The van der Waals surface area contributed by atoms with E-state index in [0.717, 1.165) is 29.8 Å². The van der Waals surface area contributed by atoms with Gasteiger partial charge in [0.05, 0.1) is 12.8 Å². The number of aromatic nitrogens is 3. The van der Waals surface area contributed by atoms with Crippen LogP contribution in [-0.4, -0.2) is 34.7 Å². The topological polar surface area (TPSA) is 60.2 Å². The number of methoxy groups -OCH3 is 1. The van der Waals surface area contributed by atoms with Crippen molar-refractivity contribution in [2.75, 3.05) is 25.1 Å². The molecule has 3 aromatic rings. The third kappa shape index (κ3) is 3.41. The van der Waals surface area contributed by atoms with Crippen LogP contribution in [0.25, 0.3) is 16.8 Å². The van der Waals surface area contributed by atoms with E-state index in [-0.39, 0.29) is 5.56 Å².